The molecule has 0 unspecified atom stereocenters. The van der Waals surface area contributed by atoms with Gasteiger partial charge in [0.1, 0.15) is 0 Å². The Bertz CT molecular complexity index is 347. The lowest BCUT2D eigenvalue weighted by molar-refractivity contribution is 0.0525. The lowest BCUT2D eigenvalue weighted by Gasteiger charge is -2.08. The van der Waals surface area contributed by atoms with E-state index in [-0.39, 0.29) is 5.97 Å². The molecule has 0 heterocycles. The number of rotatable bonds is 4. The van der Waals surface area contributed by atoms with Gasteiger partial charge in [-0.25, -0.2) is 4.79 Å². The van der Waals surface area contributed by atoms with Crippen LogP contribution in [0.5, 0.6) is 0 Å². The van der Waals surface area contributed by atoms with E-state index in [1.54, 1.807) is 19.1 Å². The van der Waals surface area contributed by atoms with E-state index in [1.807, 2.05) is 6.07 Å². The Hall–Kier alpha value is -1.02. The lowest BCUT2D eigenvalue weighted by atomic mass is 10.0. The Morgan fingerprint density at radius 1 is 1.40 bits per heavy atom. The van der Waals surface area contributed by atoms with E-state index in [1.165, 1.54) is 0 Å². The molecule has 0 radical (unpaired) electrons. The minimum Gasteiger partial charge on any atom is -0.462 e. The molecule has 0 bridgehead atoms. The molecule has 0 aliphatic heterocycles. The molecule has 82 valence electrons. The fourth-order valence-corrected chi connectivity index (χ4v) is 1.64. The summed E-state index contributed by atoms with van der Waals surface area (Å²) < 4.78 is 4.97. The summed E-state index contributed by atoms with van der Waals surface area (Å²) in [4.78, 5) is 11.6. The van der Waals surface area contributed by atoms with E-state index < -0.39 is 0 Å². The van der Waals surface area contributed by atoms with Crippen molar-refractivity contribution in [1.82, 2.24) is 0 Å². The zero-order valence-electron chi connectivity index (χ0n) is 9.05. The van der Waals surface area contributed by atoms with Crippen LogP contribution in [0, 0.1) is 0 Å². The van der Waals surface area contributed by atoms with Gasteiger partial charge in [0.05, 0.1) is 12.2 Å². The van der Waals surface area contributed by atoms with Crippen molar-refractivity contribution in [3.63, 3.8) is 0 Å². The van der Waals surface area contributed by atoms with Crippen LogP contribution in [-0.2, 0) is 11.2 Å². The Labute approximate surface area is 95.2 Å². The van der Waals surface area contributed by atoms with E-state index in [9.17, 15) is 4.79 Å². The highest BCUT2D eigenvalue weighted by Gasteiger charge is 2.11. The third-order valence-electron chi connectivity index (χ3n) is 2.08. The fraction of sp³-hybridized carbons (Fsp3) is 0.417. The Balaban J connectivity index is 2.99. The second kappa shape index (κ2) is 5.76. The van der Waals surface area contributed by atoms with Crippen molar-refractivity contribution >= 4 is 17.6 Å². The van der Waals surface area contributed by atoms with Crippen LogP contribution in [-0.4, -0.2) is 12.6 Å². The molecule has 0 N–H and O–H groups in total. The summed E-state index contributed by atoms with van der Waals surface area (Å²) in [5, 5.41) is 0.659. The van der Waals surface area contributed by atoms with Crippen LogP contribution < -0.4 is 0 Å². The second-order valence-electron chi connectivity index (χ2n) is 3.27. The van der Waals surface area contributed by atoms with Crippen molar-refractivity contribution in [2.75, 3.05) is 6.61 Å². The number of carbonyl (C=O) groups excluding carboxylic acids is 1. The summed E-state index contributed by atoms with van der Waals surface area (Å²) in [5.74, 6) is -0.266. The summed E-state index contributed by atoms with van der Waals surface area (Å²) in [7, 11) is 0. The van der Waals surface area contributed by atoms with Gasteiger partial charge >= 0.3 is 5.97 Å². The van der Waals surface area contributed by atoms with Gasteiger partial charge in [0.2, 0.25) is 0 Å². The Morgan fingerprint density at radius 2 is 2.13 bits per heavy atom. The average Bonchev–Trinajstić information content (AvgIpc) is 2.18. The highest BCUT2D eigenvalue weighted by Crippen LogP contribution is 2.18. The predicted octanol–water partition coefficient (Wildman–Crippen LogP) is 3.47. The first-order valence-electron chi connectivity index (χ1n) is 5.14. The number of benzene rings is 1. The molecule has 2 nitrogen and oxygen atoms in total. The van der Waals surface area contributed by atoms with Crippen LogP contribution in [0.25, 0.3) is 0 Å². The molecule has 0 spiro atoms. The molecule has 0 saturated carbocycles. The summed E-state index contributed by atoms with van der Waals surface area (Å²) in [5.41, 5.74) is 1.59. The molecule has 1 aromatic rings. The number of hydrogen-bond donors (Lipinski definition) is 0. The van der Waals surface area contributed by atoms with E-state index in [2.05, 4.69) is 6.92 Å². The maximum Gasteiger partial charge on any atom is 0.338 e. The molecule has 0 fully saturated rings. The van der Waals surface area contributed by atoms with Crippen LogP contribution >= 0.6 is 11.6 Å². The minimum absolute atomic E-state index is 0.266. The van der Waals surface area contributed by atoms with Gasteiger partial charge in [0.25, 0.3) is 0 Å². The standard InChI is InChI=1S/C12H15ClO2/c1-3-5-9-8-10(13)6-7-11(9)12(14)15-4-2/h6-8H,3-5H2,1-2H3. The zero-order chi connectivity index (χ0) is 11.3. The van der Waals surface area contributed by atoms with E-state index in [0.717, 1.165) is 18.4 Å². The normalized spacial score (nSPS) is 10.1. The number of carbonyl (C=O) groups is 1. The largest absolute Gasteiger partial charge is 0.462 e. The Kier molecular flexibility index (Phi) is 4.63. The highest BCUT2D eigenvalue weighted by molar-refractivity contribution is 6.30. The lowest BCUT2D eigenvalue weighted by Crippen LogP contribution is -2.08. The van der Waals surface area contributed by atoms with E-state index >= 15 is 0 Å². The number of aryl methyl sites for hydroxylation is 1. The van der Waals surface area contributed by atoms with Gasteiger partial charge < -0.3 is 4.74 Å². The summed E-state index contributed by atoms with van der Waals surface area (Å²) in [6, 6.07) is 5.27. The van der Waals surface area contributed by atoms with Gasteiger partial charge in [0, 0.05) is 5.02 Å². The molecule has 0 aliphatic rings. The smallest absolute Gasteiger partial charge is 0.338 e. The summed E-state index contributed by atoms with van der Waals surface area (Å²) in [6.45, 7) is 4.26. The number of ether oxygens (including phenoxy) is 1. The molecular weight excluding hydrogens is 212 g/mol. The van der Waals surface area contributed by atoms with Crippen molar-refractivity contribution in [3.8, 4) is 0 Å². The number of halogens is 1. The van der Waals surface area contributed by atoms with Crippen LogP contribution in [0.15, 0.2) is 18.2 Å². The SMILES string of the molecule is CCCc1cc(Cl)ccc1C(=O)OCC. The highest BCUT2D eigenvalue weighted by atomic mass is 35.5. The second-order valence-corrected chi connectivity index (χ2v) is 3.71. The van der Waals surface area contributed by atoms with Gasteiger partial charge in [0.15, 0.2) is 0 Å². The third-order valence-corrected chi connectivity index (χ3v) is 2.32. The fourth-order valence-electron chi connectivity index (χ4n) is 1.45. The molecule has 3 heteroatoms. The van der Waals surface area contributed by atoms with Crippen molar-refractivity contribution < 1.29 is 9.53 Å². The van der Waals surface area contributed by atoms with Gasteiger partial charge in [-0.1, -0.05) is 24.9 Å². The van der Waals surface area contributed by atoms with Crippen molar-refractivity contribution in [3.05, 3.63) is 34.3 Å². The van der Waals surface area contributed by atoms with E-state index in [4.69, 9.17) is 16.3 Å². The van der Waals surface area contributed by atoms with E-state index in [0.29, 0.717) is 17.2 Å². The molecule has 0 atom stereocenters. The summed E-state index contributed by atoms with van der Waals surface area (Å²) in [6.07, 6.45) is 1.82. The molecule has 0 amide bonds. The first kappa shape index (κ1) is 12.1. The molecule has 1 aromatic carbocycles. The molecule has 0 aromatic heterocycles. The molecular formula is C12H15ClO2. The van der Waals surface area contributed by atoms with Crippen LogP contribution in [0.1, 0.15) is 36.2 Å². The van der Waals surface area contributed by atoms with Gasteiger partial charge in [-0.05, 0) is 37.1 Å². The summed E-state index contributed by atoms with van der Waals surface area (Å²) >= 11 is 5.88. The molecule has 0 aliphatic carbocycles. The molecule has 1 rings (SSSR count). The molecule has 15 heavy (non-hydrogen) atoms. The Morgan fingerprint density at radius 3 is 2.73 bits per heavy atom. The monoisotopic (exact) mass is 226 g/mol. The predicted molar refractivity (Wildman–Crippen MR) is 61.4 cm³/mol. The van der Waals surface area contributed by atoms with Crippen LogP contribution in [0.3, 0.4) is 0 Å². The first-order valence-corrected chi connectivity index (χ1v) is 5.52. The maximum atomic E-state index is 11.6. The average molecular weight is 227 g/mol. The van der Waals surface area contributed by atoms with Crippen LogP contribution in [0.2, 0.25) is 5.02 Å². The van der Waals surface area contributed by atoms with Crippen molar-refractivity contribution in [2.45, 2.75) is 26.7 Å². The zero-order valence-corrected chi connectivity index (χ0v) is 9.80. The first-order chi connectivity index (χ1) is 7.19. The maximum absolute atomic E-state index is 11.6. The van der Waals surface area contributed by atoms with Crippen molar-refractivity contribution in [2.24, 2.45) is 0 Å². The van der Waals surface area contributed by atoms with Gasteiger partial charge in [-0.15, -0.1) is 0 Å². The van der Waals surface area contributed by atoms with Gasteiger partial charge in [-0.2, -0.15) is 0 Å². The quantitative estimate of drug-likeness (QED) is 0.735. The molecule has 0 saturated heterocycles. The van der Waals surface area contributed by atoms with Crippen molar-refractivity contribution in [1.29, 1.82) is 0 Å². The number of esters is 1. The third kappa shape index (κ3) is 3.24. The minimum atomic E-state index is -0.266. The number of hydrogen-bond acceptors (Lipinski definition) is 2. The van der Waals surface area contributed by atoms with Gasteiger partial charge in [-0.3, -0.25) is 0 Å². The van der Waals surface area contributed by atoms with Crippen LogP contribution in [0.4, 0.5) is 0 Å². The topological polar surface area (TPSA) is 26.3 Å².